The van der Waals surface area contributed by atoms with Crippen LogP contribution in [-0.4, -0.2) is 71.2 Å². The van der Waals surface area contributed by atoms with Crippen LogP contribution < -0.4 is 5.32 Å². The Labute approximate surface area is 129 Å². The van der Waals surface area contributed by atoms with Gasteiger partial charge in [0, 0.05) is 37.6 Å². The summed E-state index contributed by atoms with van der Waals surface area (Å²) in [4.78, 5) is 20.7. The Morgan fingerprint density at radius 3 is 2.71 bits per heavy atom. The molecule has 2 rings (SSSR count). The number of hydrogen-bond donors (Lipinski definition) is 2. The van der Waals surface area contributed by atoms with Gasteiger partial charge in [-0.25, -0.2) is 4.98 Å². The summed E-state index contributed by atoms with van der Waals surface area (Å²) in [6, 6.07) is 0.249. The number of hydrogen-bond acceptors (Lipinski definition) is 6. The average Bonchev–Trinajstić information content (AvgIpc) is 2.87. The Kier molecular flexibility index (Phi) is 6.10. The predicted octanol–water partition coefficient (Wildman–Crippen LogP) is 0.779. The van der Waals surface area contributed by atoms with Gasteiger partial charge in [0.1, 0.15) is 0 Å². The molecule has 118 valence electrons. The minimum absolute atomic E-state index is 0.00741. The van der Waals surface area contributed by atoms with Crippen molar-refractivity contribution in [2.45, 2.75) is 26.3 Å². The van der Waals surface area contributed by atoms with E-state index in [1.807, 2.05) is 12.3 Å². The standard InChI is InChI=1S/C14H24N4O2S/c1-3-12(9-19)18-6-4-17(5-7-18)8-13(20)16-14-15-11(2)10-21-14/h10,12,19H,3-9H2,1-2H3,(H,15,16,20). The van der Waals surface area contributed by atoms with E-state index in [-0.39, 0.29) is 18.6 Å². The maximum Gasteiger partial charge on any atom is 0.240 e. The normalized spacial score (nSPS) is 18.6. The third-order valence-electron chi connectivity index (χ3n) is 3.84. The first-order valence-corrected chi connectivity index (χ1v) is 8.29. The molecule has 0 aromatic carbocycles. The van der Waals surface area contributed by atoms with Gasteiger partial charge in [0.2, 0.25) is 5.91 Å². The number of anilines is 1. The molecular formula is C14H24N4O2S. The number of aliphatic hydroxyl groups is 1. The molecule has 0 aliphatic carbocycles. The highest BCUT2D eigenvalue weighted by atomic mass is 32.1. The second-order valence-electron chi connectivity index (χ2n) is 5.40. The van der Waals surface area contributed by atoms with E-state index in [4.69, 9.17) is 0 Å². The number of aliphatic hydroxyl groups excluding tert-OH is 1. The van der Waals surface area contributed by atoms with E-state index >= 15 is 0 Å². The van der Waals surface area contributed by atoms with Gasteiger partial charge in [0.05, 0.1) is 18.8 Å². The molecule has 0 bridgehead atoms. The van der Waals surface area contributed by atoms with Crippen molar-refractivity contribution in [2.75, 3.05) is 44.6 Å². The van der Waals surface area contributed by atoms with Crippen molar-refractivity contribution in [3.05, 3.63) is 11.1 Å². The van der Waals surface area contributed by atoms with Crippen LogP contribution in [0.4, 0.5) is 5.13 Å². The average molecular weight is 312 g/mol. The van der Waals surface area contributed by atoms with Crippen LogP contribution in [0.25, 0.3) is 0 Å². The number of aromatic nitrogens is 1. The van der Waals surface area contributed by atoms with Crippen molar-refractivity contribution >= 4 is 22.4 Å². The van der Waals surface area contributed by atoms with E-state index in [1.165, 1.54) is 11.3 Å². The zero-order valence-electron chi connectivity index (χ0n) is 12.7. The summed E-state index contributed by atoms with van der Waals surface area (Å²) in [6.45, 7) is 8.16. The van der Waals surface area contributed by atoms with Gasteiger partial charge in [-0.05, 0) is 13.3 Å². The lowest BCUT2D eigenvalue weighted by Gasteiger charge is -2.38. The zero-order chi connectivity index (χ0) is 15.2. The molecule has 2 heterocycles. The fraction of sp³-hybridized carbons (Fsp3) is 0.714. The van der Waals surface area contributed by atoms with Crippen LogP contribution in [0.2, 0.25) is 0 Å². The Bertz CT molecular complexity index is 454. The van der Waals surface area contributed by atoms with Crippen LogP contribution in [0.15, 0.2) is 5.38 Å². The molecule has 1 atom stereocenters. The van der Waals surface area contributed by atoms with Crippen molar-refractivity contribution in [1.82, 2.24) is 14.8 Å². The smallest absolute Gasteiger partial charge is 0.240 e. The summed E-state index contributed by atoms with van der Waals surface area (Å²) in [6.07, 6.45) is 0.959. The molecule has 1 aromatic rings. The zero-order valence-corrected chi connectivity index (χ0v) is 13.5. The van der Waals surface area contributed by atoms with Crippen LogP contribution >= 0.6 is 11.3 Å². The number of nitrogens with zero attached hydrogens (tertiary/aromatic N) is 3. The predicted molar refractivity (Wildman–Crippen MR) is 84.7 cm³/mol. The summed E-state index contributed by atoms with van der Waals surface area (Å²) in [5, 5.41) is 14.8. The quantitative estimate of drug-likeness (QED) is 0.812. The van der Waals surface area contributed by atoms with E-state index in [1.54, 1.807) is 0 Å². The van der Waals surface area contributed by atoms with Crippen LogP contribution in [0.3, 0.4) is 0 Å². The molecule has 0 spiro atoms. The van der Waals surface area contributed by atoms with Crippen molar-refractivity contribution in [2.24, 2.45) is 0 Å². The molecule has 0 saturated carbocycles. The summed E-state index contributed by atoms with van der Waals surface area (Å²) < 4.78 is 0. The first-order chi connectivity index (χ1) is 10.1. The fourth-order valence-electron chi connectivity index (χ4n) is 2.56. The summed E-state index contributed by atoms with van der Waals surface area (Å²) >= 11 is 1.45. The topological polar surface area (TPSA) is 68.7 Å². The molecule has 2 N–H and O–H groups in total. The number of aryl methyl sites for hydroxylation is 1. The second kappa shape index (κ2) is 7.84. The van der Waals surface area contributed by atoms with Crippen molar-refractivity contribution in [3.8, 4) is 0 Å². The number of thiazole rings is 1. The highest BCUT2D eigenvalue weighted by Crippen LogP contribution is 2.14. The highest BCUT2D eigenvalue weighted by molar-refractivity contribution is 7.13. The summed E-state index contributed by atoms with van der Waals surface area (Å²) in [5.74, 6) is -0.00741. The van der Waals surface area contributed by atoms with Gasteiger partial charge in [-0.1, -0.05) is 6.92 Å². The molecule has 1 fully saturated rings. The molecule has 21 heavy (non-hydrogen) atoms. The van der Waals surface area contributed by atoms with Crippen molar-refractivity contribution in [3.63, 3.8) is 0 Å². The molecule has 7 heteroatoms. The van der Waals surface area contributed by atoms with Crippen LogP contribution in [0.1, 0.15) is 19.0 Å². The number of nitrogens with one attached hydrogen (secondary N) is 1. The lowest BCUT2D eigenvalue weighted by Crippen LogP contribution is -2.52. The van der Waals surface area contributed by atoms with Crippen LogP contribution in [-0.2, 0) is 4.79 Å². The first kappa shape index (κ1) is 16.4. The van der Waals surface area contributed by atoms with Gasteiger partial charge in [-0.15, -0.1) is 11.3 Å². The highest BCUT2D eigenvalue weighted by Gasteiger charge is 2.23. The monoisotopic (exact) mass is 312 g/mol. The lowest BCUT2D eigenvalue weighted by atomic mass is 10.1. The van der Waals surface area contributed by atoms with Gasteiger partial charge >= 0.3 is 0 Å². The van der Waals surface area contributed by atoms with Gasteiger partial charge < -0.3 is 10.4 Å². The Balaban J connectivity index is 1.74. The minimum atomic E-state index is -0.00741. The van der Waals surface area contributed by atoms with Crippen molar-refractivity contribution < 1.29 is 9.90 Å². The molecule has 1 aromatic heterocycles. The summed E-state index contributed by atoms with van der Waals surface area (Å²) in [5.41, 5.74) is 0.929. The van der Waals surface area contributed by atoms with Gasteiger partial charge in [-0.2, -0.15) is 0 Å². The molecule has 1 saturated heterocycles. The Morgan fingerprint density at radius 1 is 1.48 bits per heavy atom. The maximum atomic E-state index is 12.0. The third-order valence-corrected chi connectivity index (χ3v) is 4.71. The largest absolute Gasteiger partial charge is 0.395 e. The van der Waals surface area contributed by atoms with E-state index < -0.39 is 0 Å². The van der Waals surface area contributed by atoms with E-state index in [0.717, 1.165) is 38.3 Å². The second-order valence-corrected chi connectivity index (χ2v) is 6.26. The molecule has 1 unspecified atom stereocenters. The van der Waals surface area contributed by atoms with Gasteiger partial charge in [0.25, 0.3) is 0 Å². The lowest BCUT2D eigenvalue weighted by molar-refractivity contribution is -0.117. The number of piperazine rings is 1. The SMILES string of the molecule is CCC(CO)N1CCN(CC(=O)Nc2nc(C)cs2)CC1. The number of carbonyl (C=O) groups excluding carboxylic acids is 1. The Morgan fingerprint density at radius 2 is 2.19 bits per heavy atom. The fourth-order valence-corrected chi connectivity index (χ4v) is 3.27. The number of amides is 1. The van der Waals surface area contributed by atoms with Crippen molar-refractivity contribution in [1.29, 1.82) is 0 Å². The van der Waals surface area contributed by atoms with Crippen LogP contribution in [0.5, 0.6) is 0 Å². The summed E-state index contributed by atoms with van der Waals surface area (Å²) in [7, 11) is 0. The third kappa shape index (κ3) is 4.74. The minimum Gasteiger partial charge on any atom is -0.395 e. The van der Waals surface area contributed by atoms with E-state index in [0.29, 0.717) is 11.7 Å². The maximum absolute atomic E-state index is 12.0. The molecule has 0 radical (unpaired) electrons. The first-order valence-electron chi connectivity index (χ1n) is 7.41. The molecule has 6 nitrogen and oxygen atoms in total. The number of rotatable bonds is 6. The molecule has 1 aliphatic heterocycles. The van der Waals surface area contributed by atoms with Gasteiger partial charge in [0.15, 0.2) is 5.13 Å². The number of carbonyl (C=O) groups is 1. The molecular weight excluding hydrogens is 288 g/mol. The van der Waals surface area contributed by atoms with E-state index in [9.17, 15) is 9.90 Å². The molecule has 1 amide bonds. The van der Waals surface area contributed by atoms with Crippen LogP contribution in [0, 0.1) is 6.92 Å². The molecule has 1 aliphatic rings. The van der Waals surface area contributed by atoms with E-state index in [2.05, 4.69) is 27.0 Å². The Hall–Kier alpha value is -1.02. The van der Waals surface area contributed by atoms with Gasteiger partial charge in [-0.3, -0.25) is 14.6 Å².